The Labute approximate surface area is 217 Å². The lowest BCUT2D eigenvalue weighted by Gasteiger charge is -2.26. The first-order valence-electron chi connectivity index (χ1n) is 11.6. The van der Waals surface area contributed by atoms with Crippen molar-refractivity contribution >= 4 is 27.3 Å². The molecule has 0 aromatic heterocycles. The number of hydrazone groups is 1. The van der Waals surface area contributed by atoms with Crippen LogP contribution in [0.2, 0.25) is 0 Å². The first kappa shape index (κ1) is 25.7. The normalized spacial score (nSPS) is 11.6. The van der Waals surface area contributed by atoms with E-state index in [4.69, 9.17) is 4.74 Å². The van der Waals surface area contributed by atoms with Gasteiger partial charge in [0.15, 0.2) is 0 Å². The highest BCUT2D eigenvalue weighted by molar-refractivity contribution is 7.92. The van der Waals surface area contributed by atoms with Crippen molar-refractivity contribution in [2.75, 3.05) is 11.4 Å². The maximum atomic E-state index is 13.9. The molecule has 4 aromatic rings. The van der Waals surface area contributed by atoms with Crippen LogP contribution in [0.25, 0.3) is 0 Å². The summed E-state index contributed by atoms with van der Waals surface area (Å²) in [6, 6.07) is 31.4. The molecule has 0 saturated carbocycles. The highest BCUT2D eigenvalue weighted by Crippen LogP contribution is 2.30. The van der Waals surface area contributed by atoms with Crippen LogP contribution in [0.4, 0.5) is 5.69 Å². The fraction of sp³-hybridized carbons (Fsp3) is 0.103. The molecule has 0 unspecified atom stereocenters. The Bertz CT molecular complexity index is 1490. The van der Waals surface area contributed by atoms with Crippen LogP contribution >= 0.6 is 0 Å². The largest absolute Gasteiger partial charge is 0.497 e. The number of hydrogen-bond donors (Lipinski definition) is 1. The van der Waals surface area contributed by atoms with Crippen molar-refractivity contribution in [3.05, 3.63) is 126 Å². The molecule has 7 nitrogen and oxygen atoms in total. The van der Waals surface area contributed by atoms with E-state index in [2.05, 4.69) is 10.5 Å². The van der Waals surface area contributed by atoms with Crippen LogP contribution in [0.15, 0.2) is 119 Å². The van der Waals surface area contributed by atoms with Gasteiger partial charge in [0, 0.05) is 0 Å². The SMILES string of the molecule is COc1ccc(S(=O)(=O)N(Cc2ccccc2)c2ccccc2C(=O)N/N=C(\C)c2ccccc2)cc1. The number of carbonyl (C=O) groups is 1. The van der Waals surface area contributed by atoms with Gasteiger partial charge in [-0.2, -0.15) is 5.10 Å². The third-order valence-corrected chi connectivity index (χ3v) is 7.52. The van der Waals surface area contributed by atoms with E-state index in [-0.39, 0.29) is 22.7 Å². The van der Waals surface area contributed by atoms with Gasteiger partial charge in [0.1, 0.15) is 5.75 Å². The van der Waals surface area contributed by atoms with Gasteiger partial charge in [-0.15, -0.1) is 0 Å². The van der Waals surface area contributed by atoms with Gasteiger partial charge < -0.3 is 4.74 Å². The Hall–Kier alpha value is -4.43. The quantitative estimate of drug-likeness (QED) is 0.245. The Morgan fingerprint density at radius 2 is 1.43 bits per heavy atom. The van der Waals surface area contributed by atoms with Gasteiger partial charge >= 0.3 is 0 Å². The minimum atomic E-state index is -4.05. The molecule has 4 rings (SSSR count). The van der Waals surface area contributed by atoms with Crippen molar-refractivity contribution in [1.29, 1.82) is 0 Å². The van der Waals surface area contributed by atoms with Gasteiger partial charge in [-0.05, 0) is 54.4 Å². The summed E-state index contributed by atoms with van der Waals surface area (Å²) in [6.45, 7) is 1.82. The molecule has 0 aliphatic carbocycles. The van der Waals surface area contributed by atoms with E-state index < -0.39 is 15.9 Å². The van der Waals surface area contributed by atoms with Gasteiger partial charge in [-0.3, -0.25) is 9.10 Å². The lowest BCUT2D eigenvalue weighted by Crippen LogP contribution is -2.33. The molecule has 4 aromatic carbocycles. The van der Waals surface area contributed by atoms with Crippen molar-refractivity contribution in [3.8, 4) is 5.75 Å². The van der Waals surface area contributed by atoms with Crippen molar-refractivity contribution in [1.82, 2.24) is 5.43 Å². The van der Waals surface area contributed by atoms with Crippen LogP contribution in [0.5, 0.6) is 5.75 Å². The number of ether oxygens (including phenoxy) is 1. The number of hydrogen-bond acceptors (Lipinski definition) is 5. The number of carbonyl (C=O) groups excluding carboxylic acids is 1. The second-order valence-electron chi connectivity index (χ2n) is 8.19. The number of methoxy groups -OCH3 is 1. The molecule has 0 saturated heterocycles. The molecule has 0 atom stereocenters. The smallest absolute Gasteiger partial charge is 0.273 e. The van der Waals surface area contributed by atoms with E-state index >= 15 is 0 Å². The monoisotopic (exact) mass is 513 g/mol. The van der Waals surface area contributed by atoms with Crippen molar-refractivity contribution in [3.63, 3.8) is 0 Å². The molecule has 1 N–H and O–H groups in total. The first-order valence-corrected chi connectivity index (χ1v) is 13.0. The average molecular weight is 514 g/mol. The van der Waals surface area contributed by atoms with Crippen molar-refractivity contribution in [2.45, 2.75) is 18.4 Å². The molecule has 37 heavy (non-hydrogen) atoms. The number of amides is 1. The van der Waals surface area contributed by atoms with E-state index in [0.717, 1.165) is 11.1 Å². The Balaban J connectivity index is 1.73. The predicted octanol–water partition coefficient (Wildman–Crippen LogP) is 5.24. The average Bonchev–Trinajstić information content (AvgIpc) is 2.95. The zero-order chi connectivity index (χ0) is 26.3. The molecule has 0 spiro atoms. The number of sulfonamides is 1. The first-order chi connectivity index (χ1) is 17.9. The molecule has 1 amide bonds. The molecule has 0 bridgehead atoms. The zero-order valence-electron chi connectivity index (χ0n) is 20.5. The number of para-hydroxylation sites is 1. The Morgan fingerprint density at radius 1 is 0.838 bits per heavy atom. The topological polar surface area (TPSA) is 88.1 Å². The number of anilines is 1. The predicted molar refractivity (Wildman–Crippen MR) is 145 cm³/mol. The van der Waals surface area contributed by atoms with Gasteiger partial charge in [0.05, 0.1) is 35.5 Å². The minimum Gasteiger partial charge on any atom is -0.497 e. The maximum absolute atomic E-state index is 13.9. The summed E-state index contributed by atoms with van der Waals surface area (Å²) in [5, 5.41) is 4.23. The summed E-state index contributed by atoms with van der Waals surface area (Å²) in [5.74, 6) is 0.0221. The Kier molecular flexibility index (Phi) is 8.00. The van der Waals surface area contributed by atoms with Crippen LogP contribution in [-0.4, -0.2) is 27.1 Å². The maximum Gasteiger partial charge on any atom is 0.273 e. The molecule has 0 fully saturated rings. The molecular formula is C29H27N3O4S. The summed E-state index contributed by atoms with van der Waals surface area (Å²) in [6.07, 6.45) is 0. The van der Waals surface area contributed by atoms with Gasteiger partial charge in [-0.1, -0.05) is 72.8 Å². The summed E-state index contributed by atoms with van der Waals surface area (Å²) >= 11 is 0. The Morgan fingerprint density at radius 3 is 2.08 bits per heavy atom. The minimum absolute atomic E-state index is 0.0335. The number of benzene rings is 4. The summed E-state index contributed by atoms with van der Waals surface area (Å²) in [5.41, 5.74) is 5.26. The van der Waals surface area contributed by atoms with Gasteiger partial charge in [-0.25, -0.2) is 13.8 Å². The molecule has 0 aliphatic rings. The van der Waals surface area contributed by atoms with E-state index in [0.29, 0.717) is 11.5 Å². The fourth-order valence-electron chi connectivity index (χ4n) is 3.75. The van der Waals surface area contributed by atoms with Gasteiger partial charge in [0.25, 0.3) is 15.9 Å². The lowest BCUT2D eigenvalue weighted by molar-refractivity contribution is 0.0955. The van der Waals surface area contributed by atoms with Crippen LogP contribution in [0, 0.1) is 0 Å². The molecule has 0 radical (unpaired) electrons. The lowest BCUT2D eigenvalue weighted by atomic mass is 10.1. The van der Waals surface area contributed by atoms with Crippen molar-refractivity contribution in [2.24, 2.45) is 5.10 Å². The molecular weight excluding hydrogens is 486 g/mol. The molecule has 188 valence electrons. The number of nitrogens with one attached hydrogen (secondary N) is 1. The summed E-state index contributed by atoms with van der Waals surface area (Å²) in [4.78, 5) is 13.3. The highest BCUT2D eigenvalue weighted by Gasteiger charge is 2.28. The van der Waals surface area contributed by atoms with E-state index in [9.17, 15) is 13.2 Å². The zero-order valence-corrected chi connectivity index (χ0v) is 21.4. The molecule has 0 heterocycles. The van der Waals surface area contributed by atoms with E-state index in [1.54, 1.807) is 43.3 Å². The second kappa shape index (κ2) is 11.5. The number of nitrogens with zero attached hydrogens (tertiary/aromatic N) is 2. The van der Waals surface area contributed by atoms with Crippen LogP contribution in [0.1, 0.15) is 28.4 Å². The van der Waals surface area contributed by atoms with E-state index in [1.807, 2.05) is 60.7 Å². The molecule has 8 heteroatoms. The van der Waals surface area contributed by atoms with Crippen molar-refractivity contribution < 1.29 is 17.9 Å². The number of rotatable bonds is 9. The summed E-state index contributed by atoms with van der Waals surface area (Å²) < 4.78 is 34.2. The van der Waals surface area contributed by atoms with Crippen LogP contribution in [0.3, 0.4) is 0 Å². The third-order valence-electron chi connectivity index (χ3n) is 5.75. The van der Waals surface area contributed by atoms with Crippen LogP contribution in [-0.2, 0) is 16.6 Å². The second-order valence-corrected chi connectivity index (χ2v) is 10.1. The van der Waals surface area contributed by atoms with E-state index in [1.165, 1.54) is 23.5 Å². The van der Waals surface area contributed by atoms with Gasteiger partial charge in [0.2, 0.25) is 0 Å². The fourth-order valence-corrected chi connectivity index (χ4v) is 5.22. The third kappa shape index (κ3) is 6.05. The highest BCUT2D eigenvalue weighted by atomic mass is 32.2. The summed E-state index contributed by atoms with van der Waals surface area (Å²) in [7, 11) is -2.53. The molecule has 0 aliphatic heterocycles. The standard InChI is InChI=1S/C29H27N3O4S/c1-22(24-13-7-4-8-14-24)30-31-29(33)27-15-9-10-16-28(27)32(21-23-11-5-3-6-12-23)37(34,35)26-19-17-25(36-2)18-20-26/h3-20H,21H2,1-2H3,(H,31,33)/b30-22+. The van der Waals surface area contributed by atoms with Crippen LogP contribution < -0.4 is 14.5 Å².